The Labute approximate surface area is 125 Å². The van der Waals surface area contributed by atoms with Gasteiger partial charge < -0.3 is 10.6 Å². The van der Waals surface area contributed by atoms with Crippen molar-refractivity contribution in [1.82, 2.24) is 4.90 Å². The number of amides is 1. The third-order valence-corrected chi connectivity index (χ3v) is 4.27. The zero-order valence-electron chi connectivity index (χ0n) is 12.0. The normalized spacial score (nSPS) is 22.3. The number of piperidine rings is 1. The molecular formula is C18H20N2O. The Morgan fingerprint density at radius 3 is 2.10 bits per heavy atom. The van der Waals surface area contributed by atoms with E-state index in [0.29, 0.717) is 12.3 Å². The average Bonchev–Trinajstić information content (AvgIpc) is 2.56. The first-order valence-electron chi connectivity index (χ1n) is 7.40. The maximum absolute atomic E-state index is 12.2. The Bertz CT molecular complexity index is 597. The maximum atomic E-state index is 12.2. The van der Waals surface area contributed by atoms with Gasteiger partial charge >= 0.3 is 0 Å². The first kappa shape index (κ1) is 13.8. The van der Waals surface area contributed by atoms with E-state index in [1.54, 1.807) is 0 Å². The van der Waals surface area contributed by atoms with E-state index in [0.717, 1.165) is 12.0 Å². The number of carbonyl (C=O) groups is 1. The van der Waals surface area contributed by atoms with E-state index in [-0.39, 0.29) is 18.6 Å². The molecule has 3 heteroatoms. The molecule has 1 amide bonds. The van der Waals surface area contributed by atoms with Crippen molar-refractivity contribution in [2.24, 2.45) is 5.73 Å². The van der Waals surface area contributed by atoms with Gasteiger partial charge in [-0.3, -0.25) is 4.79 Å². The van der Waals surface area contributed by atoms with Crippen molar-refractivity contribution in [3.63, 3.8) is 0 Å². The van der Waals surface area contributed by atoms with Crippen molar-refractivity contribution in [2.45, 2.75) is 24.8 Å². The molecule has 3 nitrogen and oxygen atoms in total. The molecule has 0 bridgehead atoms. The van der Waals surface area contributed by atoms with E-state index in [1.165, 1.54) is 5.56 Å². The van der Waals surface area contributed by atoms with Crippen molar-refractivity contribution in [3.05, 3.63) is 71.8 Å². The van der Waals surface area contributed by atoms with E-state index in [1.807, 2.05) is 29.2 Å². The molecule has 2 N–H and O–H groups in total. The molecule has 1 aliphatic heterocycles. The molecule has 2 atom stereocenters. The van der Waals surface area contributed by atoms with Crippen LogP contribution in [-0.2, 0) is 4.79 Å². The summed E-state index contributed by atoms with van der Waals surface area (Å²) < 4.78 is 0. The lowest BCUT2D eigenvalue weighted by molar-refractivity contribution is -0.137. The second-order valence-electron chi connectivity index (χ2n) is 5.46. The van der Waals surface area contributed by atoms with Gasteiger partial charge in [0, 0.05) is 12.3 Å². The van der Waals surface area contributed by atoms with Crippen molar-refractivity contribution in [1.29, 1.82) is 0 Å². The minimum absolute atomic E-state index is 0.0276. The summed E-state index contributed by atoms with van der Waals surface area (Å²) in [6.07, 6.45) is 1.44. The molecular weight excluding hydrogens is 260 g/mol. The van der Waals surface area contributed by atoms with Gasteiger partial charge in [-0.15, -0.1) is 0 Å². The van der Waals surface area contributed by atoms with Crippen LogP contribution in [0.4, 0.5) is 0 Å². The van der Waals surface area contributed by atoms with E-state index in [4.69, 9.17) is 5.73 Å². The number of hydrogen-bond donors (Lipinski definition) is 1. The first-order valence-corrected chi connectivity index (χ1v) is 7.40. The molecule has 0 aromatic heterocycles. The van der Waals surface area contributed by atoms with Crippen LogP contribution in [0.5, 0.6) is 0 Å². The number of benzene rings is 2. The summed E-state index contributed by atoms with van der Waals surface area (Å²) in [4.78, 5) is 14.0. The first-order chi connectivity index (χ1) is 10.3. The molecule has 21 heavy (non-hydrogen) atoms. The number of nitrogens with two attached hydrogens (primary N) is 1. The summed E-state index contributed by atoms with van der Waals surface area (Å²) in [5, 5.41) is 0. The van der Waals surface area contributed by atoms with Gasteiger partial charge in [-0.2, -0.15) is 0 Å². The number of rotatable bonds is 3. The third-order valence-electron chi connectivity index (χ3n) is 4.27. The second kappa shape index (κ2) is 6.10. The molecule has 1 saturated heterocycles. The molecule has 2 aromatic carbocycles. The fraction of sp³-hybridized carbons (Fsp3) is 0.278. The van der Waals surface area contributed by atoms with Crippen LogP contribution in [0.15, 0.2) is 60.7 Å². The van der Waals surface area contributed by atoms with Crippen LogP contribution < -0.4 is 5.73 Å². The Morgan fingerprint density at radius 1 is 0.952 bits per heavy atom. The molecule has 2 unspecified atom stereocenters. The molecule has 0 spiro atoms. The van der Waals surface area contributed by atoms with Crippen LogP contribution >= 0.6 is 0 Å². The minimum Gasteiger partial charge on any atom is -0.322 e. The summed E-state index contributed by atoms with van der Waals surface area (Å²) in [6, 6.07) is 20.7. The molecule has 2 aromatic rings. The average molecular weight is 280 g/mol. The fourth-order valence-electron chi connectivity index (χ4n) is 3.28. The van der Waals surface area contributed by atoms with Crippen LogP contribution in [-0.4, -0.2) is 17.5 Å². The quantitative estimate of drug-likeness (QED) is 0.939. The van der Waals surface area contributed by atoms with Crippen molar-refractivity contribution in [2.75, 3.05) is 6.67 Å². The Hall–Kier alpha value is -2.13. The minimum atomic E-state index is 0.0276. The van der Waals surface area contributed by atoms with Crippen LogP contribution in [0.1, 0.15) is 35.9 Å². The lowest BCUT2D eigenvalue weighted by Gasteiger charge is -2.41. The maximum Gasteiger partial charge on any atom is 0.224 e. The summed E-state index contributed by atoms with van der Waals surface area (Å²) in [5.41, 5.74) is 8.30. The molecule has 108 valence electrons. The largest absolute Gasteiger partial charge is 0.322 e. The Balaban J connectivity index is 2.03. The van der Waals surface area contributed by atoms with E-state index in [2.05, 4.69) is 36.4 Å². The Morgan fingerprint density at radius 2 is 1.52 bits per heavy atom. The number of hydrogen-bond acceptors (Lipinski definition) is 2. The third kappa shape index (κ3) is 2.69. The van der Waals surface area contributed by atoms with Gasteiger partial charge in [-0.1, -0.05) is 60.7 Å². The van der Waals surface area contributed by atoms with E-state index in [9.17, 15) is 4.79 Å². The number of carbonyl (C=O) groups excluding carboxylic acids is 1. The van der Waals surface area contributed by atoms with Gasteiger partial charge in [0.1, 0.15) is 0 Å². The predicted molar refractivity (Wildman–Crippen MR) is 83.5 cm³/mol. The van der Waals surface area contributed by atoms with E-state index < -0.39 is 0 Å². The lowest BCUT2D eigenvalue weighted by atomic mass is 9.80. The predicted octanol–water partition coefficient (Wildman–Crippen LogP) is 3.05. The lowest BCUT2D eigenvalue weighted by Crippen LogP contribution is -2.44. The van der Waals surface area contributed by atoms with Crippen molar-refractivity contribution >= 4 is 5.91 Å². The highest BCUT2D eigenvalue weighted by Crippen LogP contribution is 2.42. The highest BCUT2D eigenvalue weighted by molar-refractivity contribution is 5.78. The summed E-state index contributed by atoms with van der Waals surface area (Å²) in [5.74, 6) is 0.452. The van der Waals surface area contributed by atoms with Gasteiger partial charge in [-0.05, 0) is 17.5 Å². The highest BCUT2D eigenvalue weighted by Gasteiger charge is 2.36. The number of likely N-dealkylation sites (tertiary alicyclic amines) is 1. The van der Waals surface area contributed by atoms with E-state index >= 15 is 0 Å². The van der Waals surface area contributed by atoms with Crippen LogP contribution in [0, 0.1) is 0 Å². The Kier molecular flexibility index (Phi) is 4.02. The molecule has 0 radical (unpaired) electrons. The topological polar surface area (TPSA) is 46.3 Å². The monoisotopic (exact) mass is 280 g/mol. The SMILES string of the molecule is NCN1C(=O)CCC(c2ccccc2)C1c1ccccc1. The summed E-state index contributed by atoms with van der Waals surface area (Å²) in [6.45, 7) is 0.266. The van der Waals surface area contributed by atoms with Gasteiger partial charge in [0.05, 0.1) is 12.7 Å². The standard InChI is InChI=1S/C18H20N2O/c19-13-20-17(21)12-11-16(14-7-3-1-4-8-14)18(20)15-9-5-2-6-10-15/h1-10,16,18H,11-13,19H2. The summed E-state index contributed by atoms with van der Waals surface area (Å²) >= 11 is 0. The molecule has 1 aliphatic rings. The zero-order valence-corrected chi connectivity index (χ0v) is 12.0. The zero-order chi connectivity index (χ0) is 14.7. The van der Waals surface area contributed by atoms with Gasteiger partial charge in [0.2, 0.25) is 5.91 Å². The number of nitrogens with zero attached hydrogens (tertiary/aromatic N) is 1. The van der Waals surface area contributed by atoms with Crippen LogP contribution in [0.25, 0.3) is 0 Å². The van der Waals surface area contributed by atoms with Crippen LogP contribution in [0.3, 0.4) is 0 Å². The van der Waals surface area contributed by atoms with Crippen molar-refractivity contribution < 1.29 is 4.79 Å². The molecule has 0 aliphatic carbocycles. The second-order valence-corrected chi connectivity index (χ2v) is 5.46. The smallest absolute Gasteiger partial charge is 0.224 e. The van der Waals surface area contributed by atoms with Gasteiger partial charge in [0.15, 0.2) is 0 Å². The van der Waals surface area contributed by atoms with Gasteiger partial charge in [0.25, 0.3) is 0 Å². The van der Waals surface area contributed by atoms with Gasteiger partial charge in [-0.25, -0.2) is 0 Å². The fourth-order valence-corrected chi connectivity index (χ4v) is 3.28. The highest BCUT2D eigenvalue weighted by atomic mass is 16.2. The summed E-state index contributed by atoms with van der Waals surface area (Å²) in [7, 11) is 0. The van der Waals surface area contributed by atoms with Crippen LogP contribution in [0.2, 0.25) is 0 Å². The molecule has 1 fully saturated rings. The molecule has 1 heterocycles. The van der Waals surface area contributed by atoms with Crippen molar-refractivity contribution in [3.8, 4) is 0 Å². The molecule has 3 rings (SSSR count). The molecule has 0 saturated carbocycles.